The summed E-state index contributed by atoms with van der Waals surface area (Å²) in [4.78, 5) is 11.4. The predicted octanol–water partition coefficient (Wildman–Crippen LogP) is 1.45. The molecule has 1 aromatic carbocycles. The van der Waals surface area contributed by atoms with Crippen LogP contribution in [0.15, 0.2) is 24.3 Å². The van der Waals surface area contributed by atoms with E-state index < -0.39 is 11.2 Å². The number of amides is 1. The molecule has 0 heterocycles. The molecule has 96 valence electrons. The van der Waals surface area contributed by atoms with Gasteiger partial charge in [-0.1, -0.05) is 19.1 Å². The molecule has 1 rings (SSSR count). The lowest BCUT2D eigenvalue weighted by atomic mass is 10.1. The largest absolute Gasteiger partial charge is 0.396 e. The monoisotopic (exact) mass is 264 g/mol. The Balaban J connectivity index is 2.78. The first-order valence-electron chi connectivity index (χ1n) is 5.60. The fraction of sp³-hybridized carbons (Fsp3) is 0.385. The number of benzene rings is 1. The molecule has 2 atom stereocenters. The Morgan fingerprint density at radius 1 is 1.50 bits per heavy atom. The Bertz CT molecular complexity index is 439. The minimum Gasteiger partial charge on any atom is -0.396 e. The summed E-state index contributed by atoms with van der Waals surface area (Å²) in [6.07, 6.45) is 0. The van der Waals surface area contributed by atoms with E-state index in [-0.39, 0.29) is 12.5 Å². The third-order valence-corrected chi connectivity index (χ3v) is 4.06. The zero-order chi connectivity index (χ0) is 13.5. The van der Waals surface area contributed by atoms with Gasteiger partial charge in [-0.15, -0.1) is 11.8 Å². The van der Waals surface area contributed by atoms with Crippen molar-refractivity contribution in [2.24, 2.45) is 11.7 Å². The fourth-order valence-corrected chi connectivity index (χ4v) is 2.53. The van der Waals surface area contributed by atoms with Crippen LogP contribution in [-0.2, 0) is 4.79 Å². The lowest BCUT2D eigenvalue weighted by Crippen LogP contribution is -2.20. The van der Waals surface area contributed by atoms with E-state index >= 15 is 0 Å². The van der Waals surface area contributed by atoms with Crippen molar-refractivity contribution < 1.29 is 9.90 Å². The molecule has 0 aromatic heterocycles. The zero-order valence-electron chi connectivity index (χ0n) is 10.2. The summed E-state index contributed by atoms with van der Waals surface area (Å²) < 4.78 is 0. The number of aliphatic hydroxyl groups excluding tert-OH is 1. The van der Waals surface area contributed by atoms with Crippen LogP contribution in [0.4, 0.5) is 0 Å². The summed E-state index contributed by atoms with van der Waals surface area (Å²) in [5.41, 5.74) is 6.72. The maximum Gasteiger partial charge on any atom is 0.235 e. The Kier molecular flexibility index (Phi) is 5.69. The molecule has 0 spiro atoms. The molecule has 1 aromatic rings. The van der Waals surface area contributed by atoms with Crippen molar-refractivity contribution in [1.82, 2.24) is 0 Å². The number of nitriles is 1. The second-order valence-electron chi connectivity index (χ2n) is 4.14. The first-order chi connectivity index (χ1) is 8.58. The van der Waals surface area contributed by atoms with Gasteiger partial charge in [-0.05, 0) is 29.4 Å². The number of hydrogen-bond acceptors (Lipinski definition) is 4. The molecule has 1 amide bonds. The fourth-order valence-electron chi connectivity index (χ4n) is 1.39. The molecule has 0 radical (unpaired) electrons. The minimum absolute atomic E-state index is 0.0891. The van der Waals surface area contributed by atoms with E-state index in [1.807, 2.05) is 13.0 Å². The molecule has 0 aliphatic rings. The van der Waals surface area contributed by atoms with Crippen molar-refractivity contribution in [1.29, 1.82) is 5.26 Å². The van der Waals surface area contributed by atoms with Crippen LogP contribution in [0.2, 0.25) is 0 Å². The summed E-state index contributed by atoms with van der Waals surface area (Å²) in [5, 5.41) is 17.2. The van der Waals surface area contributed by atoms with Crippen molar-refractivity contribution in [2.45, 2.75) is 12.2 Å². The first-order valence-corrected chi connectivity index (χ1v) is 6.65. The number of nitrogens with two attached hydrogens (primary N) is 1. The number of carbonyl (C=O) groups excluding carboxylic acids is 1. The molecule has 2 unspecified atom stereocenters. The molecule has 3 N–H and O–H groups in total. The standard InChI is InChI=1S/C13H16N2O2S/c1-9(7-16)8-18-12(13(15)17)11-4-2-10(6-14)3-5-11/h2-5,9,12,16H,7-8H2,1H3,(H2,15,17). The number of thioether (sulfide) groups is 1. The zero-order valence-corrected chi connectivity index (χ0v) is 11.0. The van der Waals surface area contributed by atoms with Gasteiger partial charge in [0, 0.05) is 6.61 Å². The average molecular weight is 264 g/mol. The normalized spacial score (nSPS) is 13.6. The number of nitrogens with zero attached hydrogens (tertiary/aromatic N) is 1. The van der Waals surface area contributed by atoms with Gasteiger partial charge in [0.05, 0.1) is 11.6 Å². The van der Waals surface area contributed by atoms with Gasteiger partial charge < -0.3 is 10.8 Å². The quantitative estimate of drug-likeness (QED) is 0.814. The molecule has 5 heteroatoms. The maximum absolute atomic E-state index is 11.4. The Morgan fingerprint density at radius 3 is 2.56 bits per heavy atom. The van der Waals surface area contributed by atoms with Crippen LogP contribution >= 0.6 is 11.8 Å². The van der Waals surface area contributed by atoms with Crippen molar-refractivity contribution in [3.8, 4) is 6.07 Å². The molecular weight excluding hydrogens is 248 g/mol. The van der Waals surface area contributed by atoms with Gasteiger partial charge in [0.25, 0.3) is 0 Å². The van der Waals surface area contributed by atoms with Gasteiger partial charge in [-0.3, -0.25) is 4.79 Å². The summed E-state index contributed by atoms with van der Waals surface area (Å²) >= 11 is 1.41. The van der Waals surface area contributed by atoms with Gasteiger partial charge in [0.1, 0.15) is 5.25 Å². The maximum atomic E-state index is 11.4. The Labute approximate surface area is 111 Å². The third kappa shape index (κ3) is 4.06. The molecule has 0 aliphatic heterocycles. The third-order valence-electron chi connectivity index (χ3n) is 2.46. The van der Waals surface area contributed by atoms with Crippen LogP contribution in [0.3, 0.4) is 0 Å². The highest BCUT2D eigenvalue weighted by Crippen LogP contribution is 2.30. The number of aliphatic hydroxyl groups is 1. The van der Waals surface area contributed by atoms with Crippen molar-refractivity contribution in [3.05, 3.63) is 35.4 Å². The number of carbonyl (C=O) groups is 1. The summed E-state index contributed by atoms with van der Waals surface area (Å²) in [6, 6.07) is 8.84. The molecule has 0 bridgehead atoms. The molecule has 0 saturated carbocycles. The van der Waals surface area contributed by atoms with Crippen LogP contribution in [0.1, 0.15) is 23.3 Å². The highest BCUT2D eigenvalue weighted by atomic mass is 32.2. The Morgan fingerprint density at radius 2 is 2.11 bits per heavy atom. The van der Waals surface area contributed by atoms with Gasteiger partial charge in [-0.25, -0.2) is 0 Å². The molecule has 4 nitrogen and oxygen atoms in total. The van der Waals surface area contributed by atoms with E-state index in [1.165, 1.54) is 11.8 Å². The lowest BCUT2D eigenvalue weighted by Gasteiger charge is -2.15. The number of hydrogen-bond donors (Lipinski definition) is 2. The second-order valence-corrected chi connectivity index (χ2v) is 5.28. The van der Waals surface area contributed by atoms with E-state index in [1.54, 1.807) is 24.3 Å². The second kappa shape index (κ2) is 7.04. The first kappa shape index (κ1) is 14.6. The van der Waals surface area contributed by atoms with Crippen LogP contribution < -0.4 is 5.73 Å². The van der Waals surface area contributed by atoms with Gasteiger partial charge >= 0.3 is 0 Å². The van der Waals surface area contributed by atoms with Crippen molar-refractivity contribution in [2.75, 3.05) is 12.4 Å². The van der Waals surface area contributed by atoms with Crippen molar-refractivity contribution >= 4 is 17.7 Å². The molecule has 0 saturated heterocycles. The summed E-state index contributed by atoms with van der Waals surface area (Å²) in [6.45, 7) is 2.00. The van der Waals surface area contributed by atoms with Crippen molar-refractivity contribution in [3.63, 3.8) is 0 Å². The summed E-state index contributed by atoms with van der Waals surface area (Å²) in [5.74, 6) is 0.370. The molecule has 18 heavy (non-hydrogen) atoms. The molecular formula is C13H16N2O2S. The topological polar surface area (TPSA) is 87.1 Å². The predicted molar refractivity (Wildman–Crippen MR) is 71.8 cm³/mol. The SMILES string of the molecule is CC(CO)CSC(C(N)=O)c1ccc(C#N)cc1. The summed E-state index contributed by atoms with van der Waals surface area (Å²) in [7, 11) is 0. The van der Waals surface area contributed by atoms with Gasteiger partial charge in [-0.2, -0.15) is 5.26 Å². The number of primary amides is 1. The van der Waals surface area contributed by atoms with Crippen LogP contribution in [0.25, 0.3) is 0 Å². The highest BCUT2D eigenvalue weighted by Gasteiger charge is 2.19. The lowest BCUT2D eigenvalue weighted by molar-refractivity contribution is -0.117. The smallest absolute Gasteiger partial charge is 0.235 e. The van der Waals surface area contributed by atoms with E-state index in [0.29, 0.717) is 11.3 Å². The van der Waals surface area contributed by atoms with Gasteiger partial charge in [0.2, 0.25) is 5.91 Å². The van der Waals surface area contributed by atoms with E-state index in [4.69, 9.17) is 16.1 Å². The minimum atomic E-state index is -0.438. The van der Waals surface area contributed by atoms with E-state index in [0.717, 1.165) is 5.56 Å². The molecule has 0 aliphatic carbocycles. The highest BCUT2D eigenvalue weighted by molar-refractivity contribution is 8.00. The van der Waals surface area contributed by atoms with E-state index in [2.05, 4.69) is 0 Å². The van der Waals surface area contributed by atoms with Gasteiger partial charge in [0.15, 0.2) is 0 Å². The molecule has 0 fully saturated rings. The van der Waals surface area contributed by atoms with Crippen LogP contribution in [-0.4, -0.2) is 23.4 Å². The Hall–Kier alpha value is -1.51. The van der Waals surface area contributed by atoms with E-state index in [9.17, 15) is 4.79 Å². The average Bonchev–Trinajstić information content (AvgIpc) is 2.39. The number of rotatable bonds is 6. The van der Waals surface area contributed by atoms with Crippen LogP contribution in [0, 0.1) is 17.2 Å². The van der Waals surface area contributed by atoms with Crippen LogP contribution in [0.5, 0.6) is 0 Å².